The van der Waals surface area contributed by atoms with E-state index in [1.54, 1.807) is 17.9 Å². The minimum Gasteiger partial charge on any atom is -0.478 e. The molecule has 0 bridgehead atoms. The average Bonchev–Trinajstić information content (AvgIpc) is 2.71. The number of aromatic nitrogens is 3. The molecule has 3 N–H and O–H groups in total. The zero-order chi connectivity index (χ0) is 13.7. The Balaban J connectivity index is 2.53. The van der Waals surface area contributed by atoms with Crippen LogP contribution in [0.5, 0.6) is 0 Å². The molecule has 0 saturated carbocycles. The van der Waals surface area contributed by atoms with Gasteiger partial charge in [-0.3, -0.25) is 4.68 Å². The lowest BCUT2D eigenvalue weighted by Gasteiger charge is -2.05. The van der Waals surface area contributed by atoms with Crippen molar-refractivity contribution >= 4 is 33.6 Å². The zero-order valence-electron chi connectivity index (χ0n) is 9.88. The summed E-state index contributed by atoms with van der Waals surface area (Å²) in [6.45, 7) is 0. The monoisotopic (exact) mass is 260 g/mol. The van der Waals surface area contributed by atoms with Gasteiger partial charge in [0.25, 0.3) is 0 Å². The molecular formula is C12H9FN4O2. The second kappa shape index (κ2) is 3.64. The number of benzene rings is 1. The lowest BCUT2D eigenvalue weighted by molar-refractivity contribution is 0.0692. The van der Waals surface area contributed by atoms with Crippen molar-refractivity contribution < 1.29 is 14.3 Å². The van der Waals surface area contributed by atoms with E-state index in [4.69, 9.17) is 10.8 Å². The van der Waals surface area contributed by atoms with Gasteiger partial charge in [-0.05, 0) is 6.07 Å². The van der Waals surface area contributed by atoms with Crippen LogP contribution in [0.2, 0.25) is 0 Å². The van der Waals surface area contributed by atoms with Gasteiger partial charge in [-0.1, -0.05) is 0 Å². The van der Waals surface area contributed by atoms with Gasteiger partial charge in [0, 0.05) is 23.9 Å². The summed E-state index contributed by atoms with van der Waals surface area (Å²) in [4.78, 5) is 15.0. The van der Waals surface area contributed by atoms with Crippen molar-refractivity contribution in [1.82, 2.24) is 14.8 Å². The number of fused-ring (bicyclic) bond motifs is 3. The van der Waals surface area contributed by atoms with Crippen LogP contribution < -0.4 is 5.73 Å². The summed E-state index contributed by atoms with van der Waals surface area (Å²) in [7, 11) is 1.70. The third-order valence-electron chi connectivity index (χ3n) is 3.03. The fraction of sp³-hybridized carbons (Fsp3) is 0.0833. The first-order valence-electron chi connectivity index (χ1n) is 5.42. The summed E-state index contributed by atoms with van der Waals surface area (Å²) in [5.41, 5.74) is 6.30. The van der Waals surface area contributed by atoms with Crippen molar-refractivity contribution in [1.29, 1.82) is 0 Å². The van der Waals surface area contributed by atoms with Gasteiger partial charge in [-0.2, -0.15) is 5.10 Å². The van der Waals surface area contributed by atoms with Crippen LogP contribution in [-0.4, -0.2) is 25.8 Å². The van der Waals surface area contributed by atoms with Crippen LogP contribution in [0, 0.1) is 5.82 Å². The standard InChI is InChI=1S/C12H9FN4O2/c1-17-10-7(4-15-17)5-2-6(12(18)19)8(13)3-9(5)16-11(10)14/h2-4H,1H3,(H2,14,16)(H,18,19). The largest absolute Gasteiger partial charge is 0.478 e. The van der Waals surface area contributed by atoms with Crippen molar-refractivity contribution in [2.75, 3.05) is 5.73 Å². The number of halogens is 1. The number of hydrogen-bond acceptors (Lipinski definition) is 4. The van der Waals surface area contributed by atoms with Gasteiger partial charge in [0.15, 0.2) is 0 Å². The van der Waals surface area contributed by atoms with E-state index in [0.29, 0.717) is 21.8 Å². The van der Waals surface area contributed by atoms with E-state index in [9.17, 15) is 9.18 Å². The number of aryl methyl sites for hydroxylation is 1. The highest BCUT2D eigenvalue weighted by atomic mass is 19.1. The number of nitrogen functional groups attached to an aromatic ring is 1. The van der Waals surface area contributed by atoms with E-state index in [1.807, 2.05) is 0 Å². The van der Waals surface area contributed by atoms with Gasteiger partial charge < -0.3 is 10.8 Å². The van der Waals surface area contributed by atoms with Crippen LogP contribution in [-0.2, 0) is 7.05 Å². The lowest BCUT2D eigenvalue weighted by Crippen LogP contribution is -2.02. The Bertz CT molecular complexity index is 841. The molecular weight excluding hydrogens is 251 g/mol. The molecule has 0 amide bonds. The number of nitrogens with zero attached hydrogens (tertiary/aromatic N) is 3. The molecule has 2 aromatic heterocycles. The van der Waals surface area contributed by atoms with Crippen LogP contribution in [0.15, 0.2) is 18.3 Å². The number of hydrogen-bond donors (Lipinski definition) is 2. The highest BCUT2D eigenvalue weighted by Crippen LogP contribution is 2.29. The van der Waals surface area contributed by atoms with Crippen LogP contribution in [0.25, 0.3) is 21.8 Å². The number of nitrogens with two attached hydrogens (primary N) is 1. The molecule has 1 aromatic carbocycles. The van der Waals surface area contributed by atoms with Gasteiger partial charge in [-0.25, -0.2) is 14.2 Å². The Kier molecular flexibility index (Phi) is 2.19. The topological polar surface area (TPSA) is 94.0 Å². The number of pyridine rings is 1. The second-order valence-corrected chi connectivity index (χ2v) is 4.18. The minimum atomic E-state index is -1.33. The third-order valence-corrected chi connectivity index (χ3v) is 3.03. The molecule has 3 aromatic rings. The quantitative estimate of drug-likeness (QED) is 0.692. The Morgan fingerprint density at radius 3 is 2.84 bits per heavy atom. The first-order valence-corrected chi connectivity index (χ1v) is 5.42. The van der Waals surface area contributed by atoms with Gasteiger partial charge in [0.1, 0.15) is 17.2 Å². The van der Waals surface area contributed by atoms with Gasteiger partial charge in [0.05, 0.1) is 17.3 Å². The van der Waals surface area contributed by atoms with Crippen LogP contribution >= 0.6 is 0 Å². The fourth-order valence-corrected chi connectivity index (χ4v) is 2.16. The van der Waals surface area contributed by atoms with Crippen molar-refractivity contribution in [3.63, 3.8) is 0 Å². The zero-order valence-corrected chi connectivity index (χ0v) is 9.88. The molecule has 6 nitrogen and oxygen atoms in total. The van der Waals surface area contributed by atoms with E-state index in [-0.39, 0.29) is 5.82 Å². The van der Waals surface area contributed by atoms with Crippen LogP contribution in [0.1, 0.15) is 10.4 Å². The molecule has 0 atom stereocenters. The maximum absolute atomic E-state index is 13.6. The smallest absolute Gasteiger partial charge is 0.338 e. The Hall–Kier alpha value is -2.70. The first-order chi connectivity index (χ1) is 8.99. The van der Waals surface area contributed by atoms with E-state index >= 15 is 0 Å². The van der Waals surface area contributed by atoms with Crippen LogP contribution in [0.3, 0.4) is 0 Å². The number of carboxylic acid groups (broad SMARTS) is 1. The van der Waals surface area contributed by atoms with E-state index in [2.05, 4.69) is 10.1 Å². The summed E-state index contributed by atoms with van der Waals surface area (Å²) in [6.07, 6.45) is 1.55. The number of rotatable bonds is 1. The van der Waals surface area contributed by atoms with Crippen molar-refractivity contribution in [3.05, 3.63) is 29.7 Å². The Morgan fingerprint density at radius 1 is 1.42 bits per heavy atom. The van der Waals surface area contributed by atoms with Crippen molar-refractivity contribution in [2.24, 2.45) is 7.05 Å². The highest BCUT2D eigenvalue weighted by Gasteiger charge is 2.16. The average molecular weight is 260 g/mol. The molecule has 0 aliphatic rings. The molecule has 0 spiro atoms. The molecule has 2 heterocycles. The SMILES string of the molecule is Cn1ncc2c3cc(C(=O)O)c(F)cc3nc(N)c21. The van der Waals surface area contributed by atoms with Gasteiger partial charge in [0.2, 0.25) is 0 Å². The molecule has 0 fully saturated rings. The molecule has 19 heavy (non-hydrogen) atoms. The van der Waals surface area contributed by atoms with Gasteiger partial charge in [-0.15, -0.1) is 0 Å². The maximum Gasteiger partial charge on any atom is 0.338 e. The molecule has 0 radical (unpaired) electrons. The summed E-state index contributed by atoms with van der Waals surface area (Å²) in [6, 6.07) is 2.32. The molecule has 7 heteroatoms. The van der Waals surface area contributed by atoms with E-state index < -0.39 is 17.3 Å². The molecule has 0 aliphatic carbocycles. The lowest BCUT2D eigenvalue weighted by atomic mass is 10.1. The predicted octanol–water partition coefficient (Wildman–Crippen LogP) is 1.54. The predicted molar refractivity (Wildman–Crippen MR) is 67.3 cm³/mol. The number of anilines is 1. The summed E-state index contributed by atoms with van der Waals surface area (Å²) in [5, 5.41) is 14.2. The summed E-state index contributed by atoms with van der Waals surface area (Å²) in [5.74, 6) is -1.94. The fourth-order valence-electron chi connectivity index (χ4n) is 2.16. The third kappa shape index (κ3) is 1.51. The number of carbonyl (C=O) groups is 1. The van der Waals surface area contributed by atoms with Crippen molar-refractivity contribution in [3.8, 4) is 0 Å². The van der Waals surface area contributed by atoms with Gasteiger partial charge >= 0.3 is 5.97 Å². The van der Waals surface area contributed by atoms with Crippen molar-refractivity contribution in [2.45, 2.75) is 0 Å². The Morgan fingerprint density at radius 2 is 2.16 bits per heavy atom. The van der Waals surface area contributed by atoms with E-state index in [0.717, 1.165) is 6.07 Å². The van der Waals surface area contributed by atoms with Crippen LogP contribution in [0.4, 0.5) is 10.2 Å². The summed E-state index contributed by atoms with van der Waals surface area (Å²) >= 11 is 0. The number of carboxylic acids is 1. The normalized spacial score (nSPS) is 11.3. The number of aromatic carboxylic acids is 1. The minimum absolute atomic E-state index is 0.227. The molecule has 0 saturated heterocycles. The summed E-state index contributed by atoms with van der Waals surface area (Å²) < 4.78 is 15.2. The highest BCUT2D eigenvalue weighted by molar-refractivity contribution is 6.09. The first kappa shape index (κ1) is 11.4. The molecule has 0 unspecified atom stereocenters. The van der Waals surface area contributed by atoms with E-state index in [1.165, 1.54) is 6.07 Å². The Labute approximate surface area is 106 Å². The molecule has 0 aliphatic heterocycles. The molecule has 3 rings (SSSR count). The molecule has 96 valence electrons. The maximum atomic E-state index is 13.6. The second-order valence-electron chi connectivity index (χ2n) is 4.18.